The third-order valence-corrected chi connectivity index (χ3v) is 4.30. The summed E-state index contributed by atoms with van der Waals surface area (Å²) in [7, 11) is 0. The molecule has 1 rings (SSSR count). The third kappa shape index (κ3) is 4.42. The molecule has 0 aromatic heterocycles. The fraction of sp³-hybridized carbons (Fsp3) is 1.00. The Labute approximate surface area is 102 Å². The third-order valence-electron chi connectivity index (χ3n) is 4.30. The van der Waals surface area contributed by atoms with Gasteiger partial charge in [0.05, 0.1) is 0 Å². The van der Waals surface area contributed by atoms with Gasteiger partial charge >= 0.3 is 0 Å². The zero-order valence-electron chi connectivity index (χ0n) is 11.6. The number of nitrogens with zero attached hydrogens (tertiary/aromatic N) is 1. The van der Waals surface area contributed by atoms with Crippen LogP contribution in [0.25, 0.3) is 0 Å². The van der Waals surface area contributed by atoms with Gasteiger partial charge in [0, 0.05) is 6.54 Å². The van der Waals surface area contributed by atoms with E-state index in [0.717, 1.165) is 18.4 Å². The van der Waals surface area contributed by atoms with Crippen LogP contribution < -0.4 is 5.73 Å². The Bertz CT molecular complexity index is 201. The molecule has 0 saturated carbocycles. The number of rotatable bonds is 5. The van der Waals surface area contributed by atoms with E-state index in [-0.39, 0.29) is 0 Å². The summed E-state index contributed by atoms with van der Waals surface area (Å²) in [5, 5.41) is 0. The lowest BCUT2D eigenvalue weighted by Crippen LogP contribution is -2.39. The van der Waals surface area contributed by atoms with E-state index in [2.05, 4.69) is 32.6 Å². The first-order valence-electron chi connectivity index (χ1n) is 6.87. The molecule has 1 aliphatic heterocycles. The maximum absolute atomic E-state index is 5.75. The molecule has 2 unspecified atom stereocenters. The molecule has 1 saturated heterocycles. The fourth-order valence-corrected chi connectivity index (χ4v) is 2.44. The van der Waals surface area contributed by atoms with Crippen molar-refractivity contribution < 1.29 is 0 Å². The monoisotopic (exact) mass is 226 g/mol. The molecule has 0 aliphatic carbocycles. The molecule has 0 bridgehead atoms. The van der Waals surface area contributed by atoms with E-state index in [1.165, 1.54) is 38.9 Å². The lowest BCUT2D eigenvalue weighted by atomic mass is 9.86. The van der Waals surface area contributed by atoms with Crippen molar-refractivity contribution in [2.75, 3.05) is 26.2 Å². The van der Waals surface area contributed by atoms with E-state index >= 15 is 0 Å². The molecular weight excluding hydrogens is 196 g/mol. The Balaban J connectivity index is 2.19. The van der Waals surface area contributed by atoms with Gasteiger partial charge in [-0.15, -0.1) is 0 Å². The average molecular weight is 226 g/mol. The summed E-state index contributed by atoms with van der Waals surface area (Å²) in [5.74, 6) is 1.79. The van der Waals surface area contributed by atoms with Gasteiger partial charge in [0.15, 0.2) is 0 Å². The quantitative estimate of drug-likeness (QED) is 0.781. The maximum atomic E-state index is 5.75. The van der Waals surface area contributed by atoms with Crippen LogP contribution in [0.4, 0.5) is 0 Å². The first-order chi connectivity index (χ1) is 7.44. The number of likely N-dealkylation sites (tertiary alicyclic amines) is 1. The summed E-state index contributed by atoms with van der Waals surface area (Å²) in [6.45, 7) is 14.0. The van der Waals surface area contributed by atoms with Gasteiger partial charge in [-0.2, -0.15) is 0 Å². The van der Waals surface area contributed by atoms with Crippen molar-refractivity contribution in [3.05, 3.63) is 0 Å². The van der Waals surface area contributed by atoms with Crippen molar-refractivity contribution in [2.24, 2.45) is 23.0 Å². The lowest BCUT2D eigenvalue weighted by molar-refractivity contribution is 0.132. The van der Waals surface area contributed by atoms with Crippen LogP contribution in [-0.4, -0.2) is 31.1 Å². The van der Waals surface area contributed by atoms with E-state index in [1.807, 2.05) is 0 Å². The standard InChI is InChI=1S/C14H30N2/c1-12-6-9-16(10-13(12)2)8-5-7-14(3,4)11-15/h12-13H,5-11,15H2,1-4H3. The van der Waals surface area contributed by atoms with Crippen molar-refractivity contribution in [2.45, 2.75) is 47.0 Å². The smallest absolute Gasteiger partial charge is 0.000957 e. The van der Waals surface area contributed by atoms with Crippen molar-refractivity contribution in [1.29, 1.82) is 0 Å². The van der Waals surface area contributed by atoms with E-state index in [1.54, 1.807) is 0 Å². The highest BCUT2D eigenvalue weighted by Gasteiger charge is 2.23. The summed E-state index contributed by atoms with van der Waals surface area (Å²) < 4.78 is 0. The molecular formula is C14H30N2. The maximum Gasteiger partial charge on any atom is 0.000957 e. The summed E-state index contributed by atoms with van der Waals surface area (Å²) in [6, 6.07) is 0. The molecule has 0 radical (unpaired) electrons. The van der Waals surface area contributed by atoms with E-state index in [4.69, 9.17) is 5.73 Å². The molecule has 2 N–H and O–H groups in total. The van der Waals surface area contributed by atoms with Crippen LogP contribution in [-0.2, 0) is 0 Å². The fourth-order valence-electron chi connectivity index (χ4n) is 2.44. The molecule has 1 fully saturated rings. The van der Waals surface area contributed by atoms with Gasteiger partial charge in [-0.25, -0.2) is 0 Å². The molecule has 16 heavy (non-hydrogen) atoms. The van der Waals surface area contributed by atoms with Gasteiger partial charge in [-0.05, 0) is 56.1 Å². The number of piperidine rings is 1. The van der Waals surface area contributed by atoms with Gasteiger partial charge in [0.25, 0.3) is 0 Å². The van der Waals surface area contributed by atoms with Crippen molar-refractivity contribution >= 4 is 0 Å². The molecule has 96 valence electrons. The topological polar surface area (TPSA) is 29.3 Å². The summed E-state index contributed by atoms with van der Waals surface area (Å²) in [4.78, 5) is 2.64. The van der Waals surface area contributed by atoms with Crippen LogP contribution in [0.2, 0.25) is 0 Å². The van der Waals surface area contributed by atoms with E-state index in [9.17, 15) is 0 Å². The highest BCUT2D eigenvalue weighted by molar-refractivity contribution is 4.76. The normalized spacial score (nSPS) is 28.3. The highest BCUT2D eigenvalue weighted by atomic mass is 15.1. The largest absolute Gasteiger partial charge is 0.330 e. The summed E-state index contributed by atoms with van der Waals surface area (Å²) >= 11 is 0. The molecule has 0 amide bonds. The lowest BCUT2D eigenvalue weighted by Gasteiger charge is -2.35. The minimum absolute atomic E-state index is 0.328. The highest BCUT2D eigenvalue weighted by Crippen LogP contribution is 2.24. The zero-order chi connectivity index (χ0) is 12.2. The summed E-state index contributed by atoms with van der Waals surface area (Å²) in [5.41, 5.74) is 6.08. The van der Waals surface area contributed by atoms with Gasteiger partial charge in [0.1, 0.15) is 0 Å². The van der Waals surface area contributed by atoms with Crippen LogP contribution in [0.15, 0.2) is 0 Å². The van der Waals surface area contributed by atoms with Crippen LogP contribution in [0, 0.1) is 17.3 Å². The van der Waals surface area contributed by atoms with Crippen LogP contribution >= 0.6 is 0 Å². The second-order valence-electron chi connectivity index (χ2n) is 6.52. The molecule has 2 heteroatoms. The minimum atomic E-state index is 0.328. The Morgan fingerprint density at radius 3 is 2.50 bits per heavy atom. The molecule has 1 aliphatic rings. The first kappa shape index (κ1) is 14.0. The van der Waals surface area contributed by atoms with Crippen LogP contribution in [0.1, 0.15) is 47.0 Å². The van der Waals surface area contributed by atoms with Gasteiger partial charge in [-0.1, -0.05) is 27.7 Å². The number of hydrogen-bond acceptors (Lipinski definition) is 2. The molecule has 2 atom stereocenters. The molecule has 0 spiro atoms. The number of hydrogen-bond donors (Lipinski definition) is 1. The van der Waals surface area contributed by atoms with Crippen molar-refractivity contribution in [1.82, 2.24) is 4.90 Å². The molecule has 0 aromatic carbocycles. The zero-order valence-corrected chi connectivity index (χ0v) is 11.6. The predicted octanol–water partition coefficient (Wildman–Crippen LogP) is 2.73. The Morgan fingerprint density at radius 2 is 1.94 bits per heavy atom. The predicted molar refractivity (Wildman–Crippen MR) is 71.5 cm³/mol. The van der Waals surface area contributed by atoms with Crippen molar-refractivity contribution in [3.63, 3.8) is 0 Å². The second kappa shape index (κ2) is 6.02. The molecule has 0 aromatic rings. The van der Waals surface area contributed by atoms with Gasteiger partial charge < -0.3 is 10.6 Å². The second-order valence-corrected chi connectivity index (χ2v) is 6.52. The van der Waals surface area contributed by atoms with E-state index in [0.29, 0.717) is 5.41 Å². The Kier molecular flexibility index (Phi) is 5.26. The minimum Gasteiger partial charge on any atom is -0.330 e. The summed E-state index contributed by atoms with van der Waals surface area (Å²) in [6.07, 6.45) is 3.93. The van der Waals surface area contributed by atoms with Crippen LogP contribution in [0.5, 0.6) is 0 Å². The van der Waals surface area contributed by atoms with Gasteiger partial charge in [0.2, 0.25) is 0 Å². The van der Waals surface area contributed by atoms with E-state index < -0.39 is 0 Å². The Morgan fingerprint density at radius 1 is 1.25 bits per heavy atom. The first-order valence-corrected chi connectivity index (χ1v) is 6.87. The van der Waals surface area contributed by atoms with Crippen molar-refractivity contribution in [3.8, 4) is 0 Å². The van der Waals surface area contributed by atoms with Gasteiger partial charge in [-0.3, -0.25) is 0 Å². The average Bonchev–Trinajstić information content (AvgIpc) is 2.23. The Hall–Kier alpha value is -0.0800. The molecule has 2 nitrogen and oxygen atoms in total. The molecule has 1 heterocycles. The van der Waals surface area contributed by atoms with Crippen LogP contribution in [0.3, 0.4) is 0 Å². The SMILES string of the molecule is CC1CCN(CCCC(C)(C)CN)CC1C. The number of nitrogens with two attached hydrogens (primary N) is 1.